The fourth-order valence-electron chi connectivity index (χ4n) is 2.78. The molecule has 1 saturated carbocycles. The second-order valence-electron chi connectivity index (χ2n) is 5.87. The average Bonchev–Trinajstić information content (AvgIpc) is 3.07. The molecule has 2 rings (SSSR count). The van der Waals surface area contributed by atoms with E-state index in [2.05, 4.69) is 56.3 Å². The summed E-state index contributed by atoms with van der Waals surface area (Å²) in [5.74, 6) is 0.770. The van der Waals surface area contributed by atoms with Gasteiger partial charge in [0.25, 0.3) is 0 Å². The van der Waals surface area contributed by atoms with Crippen LogP contribution in [0.5, 0.6) is 0 Å². The molecule has 0 N–H and O–H groups in total. The zero-order valence-electron chi connectivity index (χ0n) is 11.9. The summed E-state index contributed by atoms with van der Waals surface area (Å²) in [6.45, 7) is 4.67. The number of benzene rings is 1. The van der Waals surface area contributed by atoms with Gasteiger partial charge in [-0.15, -0.1) is 0 Å². The molecular weight excluding hydrogens is 216 g/mol. The number of rotatable bonds is 7. The number of allylic oxidation sites excluding steroid dienone is 2. The van der Waals surface area contributed by atoms with E-state index in [4.69, 9.17) is 0 Å². The molecule has 0 radical (unpaired) electrons. The monoisotopic (exact) mass is 242 g/mol. The standard InChI is InChI=1S/C18H26/c1-3-4-5-6-7-9-14-17-15-18(17,2)16-12-10-8-11-13-16/h8-14,17H,3-7,15H2,1-2H3/b14-9+/t17-,18+/m1/s1. The van der Waals surface area contributed by atoms with Crippen molar-refractivity contribution < 1.29 is 0 Å². The summed E-state index contributed by atoms with van der Waals surface area (Å²) in [6.07, 6.45) is 12.9. The van der Waals surface area contributed by atoms with Gasteiger partial charge in [0.2, 0.25) is 0 Å². The van der Waals surface area contributed by atoms with Crippen molar-refractivity contribution in [2.24, 2.45) is 5.92 Å². The van der Waals surface area contributed by atoms with Crippen LogP contribution in [0.3, 0.4) is 0 Å². The van der Waals surface area contributed by atoms with E-state index < -0.39 is 0 Å². The maximum atomic E-state index is 2.46. The molecule has 0 aromatic heterocycles. The fourth-order valence-corrected chi connectivity index (χ4v) is 2.78. The van der Waals surface area contributed by atoms with Gasteiger partial charge in [0.15, 0.2) is 0 Å². The Bertz CT molecular complexity index is 376. The number of hydrogen-bond acceptors (Lipinski definition) is 0. The van der Waals surface area contributed by atoms with Gasteiger partial charge in [-0.05, 0) is 36.2 Å². The number of unbranched alkanes of at least 4 members (excludes halogenated alkanes) is 4. The van der Waals surface area contributed by atoms with Crippen LogP contribution in [0.25, 0.3) is 0 Å². The fraction of sp³-hybridized carbons (Fsp3) is 0.556. The van der Waals surface area contributed by atoms with E-state index in [0.717, 1.165) is 5.92 Å². The number of hydrogen-bond donors (Lipinski definition) is 0. The molecule has 1 aliphatic carbocycles. The van der Waals surface area contributed by atoms with E-state index in [1.807, 2.05) is 0 Å². The Balaban J connectivity index is 1.75. The van der Waals surface area contributed by atoms with E-state index in [1.165, 1.54) is 44.1 Å². The second-order valence-corrected chi connectivity index (χ2v) is 5.87. The van der Waals surface area contributed by atoms with Crippen LogP contribution in [0, 0.1) is 5.92 Å². The van der Waals surface area contributed by atoms with Crippen molar-refractivity contribution in [3.8, 4) is 0 Å². The van der Waals surface area contributed by atoms with Crippen molar-refractivity contribution in [3.05, 3.63) is 48.0 Å². The Kier molecular flexibility index (Phi) is 4.63. The molecular formula is C18H26. The maximum absolute atomic E-state index is 2.46. The minimum atomic E-state index is 0.418. The van der Waals surface area contributed by atoms with Gasteiger partial charge in [-0.3, -0.25) is 0 Å². The summed E-state index contributed by atoms with van der Waals surface area (Å²) >= 11 is 0. The van der Waals surface area contributed by atoms with Gasteiger partial charge in [0, 0.05) is 0 Å². The lowest BCUT2D eigenvalue weighted by atomic mass is 9.95. The SMILES string of the molecule is CCCCCC/C=C/[C@@H]1C[C@@]1(C)c1ccccc1. The largest absolute Gasteiger partial charge is 0.0882 e. The van der Waals surface area contributed by atoms with Crippen LogP contribution in [-0.4, -0.2) is 0 Å². The summed E-state index contributed by atoms with van der Waals surface area (Å²) in [5, 5.41) is 0. The van der Waals surface area contributed by atoms with Crippen molar-refractivity contribution in [1.29, 1.82) is 0 Å². The highest BCUT2D eigenvalue weighted by Crippen LogP contribution is 2.54. The first-order valence-corrected chi connectivity index (χ1v) is 7.49. The van der Waals surface area contributed by atoms with Gasteiger partial charge in [0.1, 0.15) is 0 Å². The summed E-state index contributed by atoms with van der Waals surface area (Å²) in [6, 6.07) is 11.0. The molecule has 0 bridgehead atoms. The first-order chi connectivity index (χ1) is 8.77. The molecule has 0 aliphatic heterocycles. The summed E-state index contributed by atoms with van der Waals surface area (Å²) in [4.78, 5) is 0. The highest BCUT2D eigenvalue weighted by atomic mass is 14.5. The lowest BCUT2D eigenvalue weighted by Crippen LogP contribution is -2.02. The Labute approximate surface area is 112 Å². The molecule has 0 unspecified atom stereocenters. The van der Waals surface area contributed by atoms with Crippen LogP contribution in [0.15, 0.2) is 42.5 Å². The predicted molar refractivity (Wildman–Crippen MR) is 79.8 cm³/mol. The van der Waals surface area contributed by atoms with Crippen LogP contribution >= 0.6 is 0 Å². The minimum absolute atomic E-state index is 0.418. The third-order valence-electron chi connectivity index (χ3n) is 4.33. The Morgan fingerprint density at radius 1 is 1.17 bits per heavy atom. The van der Waals surface area contributed by atoms with Gasteiger partial charge < -0.3 is 0 Å². The van der Waals surface area contributed by atoms with Gasteiger partial charge >= 0.3 is 0 Å². The van der Waals surface area contributed by atoms with E-state index in [1.54, 1.807) is 0 Å². The first kappa shape index (κ1) is 13.4. The molecule has 1 aliphatic rings. The molecule has 98 valence electrons. The zero-order chi connectivity index (χ0) is 12.8. The van der Waals surface area contributed by atoms with Crippen molar-refractivity contribution in [2.75, 3.05) is 0 Å². The maximum Gasteiger partial charge on any atom is -0.000634 e. The average molecular weight is 242 g/mol. The molecule has 0 heteroatoms. The normalized spacial score (nSPS) is 26.7. The van der Waals surface area contributed by atoms with Crippen LogP contribution in [0.1, 0.15) is 57.9 Å². The molecule has 0 nitrogen and oxygen atoms in total. The molecule has 0 amide bonds. The van der Waals surface area contributed by atoms with Crippen LogP contribution in [0.2, 0.25) is 0 Å². The van der Waals surface area contributed by atoms with Crippen molar-refractivity contribution in [2.45, 2.75) is 57.8 Å². The summed E-state index contributed by atoms with van der Waals surface area (Å²) in [7, 11) is 0. The van der Waals surface area contributed by atoms with Crippen molar-refractivity contribution in [3.63, 3.8) is 0 Å². The van der Waals surface area contributed by atoms with Gasteiger partial charge in [-0.1, -0.05) is 75.6 Å². The third-order valence-corrected chi connectivity index (χ3v) is 4.33. The van der Waals surface area contributed by atoms with Crippen molar-refractivity contribution >= 4 is 0 Å². The van der Waals surface area contributed by atoms with Crippen molar-refractivity contribution in [1.82, 2.24) is 0 Å². The van der Waals surface area contributed by atoms with E-state index >= 15 is 0 Å². The van der Waals surface area contributed by atoms with Gasteiger partial charge in [-0.2, -0.15) is 0 Å². The Morgan fingerprint density at radius 3 is 2.67 bits per heavy atom. The van der Waals surface area contributed by atoms with Crippen LogP contribution < -0.4 is 0 Å². The highest BCUT2D eigenvalue weighted by molar-refractivity contribution is 5.34. The van der Waals surface area contributed by atoms with Gasteiger partial charge in [0.05, 0.1) is 0 Å². The van der Waals surface area contributed by atoms with E-state index in [9.17, 15) is 0 Å². The molecule has 1 aromatic rings. The Morgan fingerprint density at radius 2 is 1.94 bits per heavy atom. The topological polar surface area (TPSA) is 0 Å². The molecule has 18 heavy (non-hydrogen) atoms. The summed E-state index contributed by atoms with van der Waals surface area (Å²) < 4.78 is 0. The van der Waals surface area contributed by atoms with Gasteiger partial charge in [-0.25, -0.2) is 0 Å². The third kappa shape index (κ3) is 3.25. The molecule has 1 fully saturated rings. The Hall–Kier alpha value is -1.04. The molecule has 0 saturated heterocycles. The van der Waals surface area contributed by atoms with Crippen LogP contribution in [0.4, 0.5) is 0 Å². The van der Waals surface area contributed by atoms with Crippen LogP contribution in [-0.2, 0) is 5.41 Å². The smallest absolute Gasteiger partial charge is 0.000634 e. The first-order valence-electron chi connectivity index (χ1n) is 7.49. The van der Waals surface area contributed by atoms with E-state index in [0.29, 0.717) is 5.41 Å². The quantitative estimate of drug-likeness (QED) is 0.438. The molecule has 0 heterocycles. The predicted octanol–water partition coefficient (Wildman–Crippen LogP) is 5.49. The lowest BCUT2D eigenvalue weighted by Gasteiger charge is -2.09. The lowest BCUT2D eigenvalue weighted by molar-refractivity contribution is 0.672. The molecule has 1 aromatic carbocycles. The molecule has 0 spiro atoms. The molecule has 2 atom stereocenters. The minimum Gasteiger partial charge on any atom is -0.0882 e. The second kappa shape index (κ2) is 6.22. The van der Waals surface area contributed by atoms with E-state index in [-0.39, 0.29) is 0 Å². The highest BCUT2D eigenvalue weighted by Gasteiger charge is 2.49. The zero-order valence-corrected chi connectivity index (χ0v) is 11.9. The summed E-state index contributed by atoms with van der Waals surface area (Å²) in [5.41, 5.74) is 1.92.